The number of hydrogen-bond acceptors (Lipinski definition) is 5. The number of aliphatic hydroxyl groups excluding tert-OH is 1. The largest absolute Gasteiger partial charge is 0.394 e. The Bertz CT molecular complexity index is 767. The minimum Gasteiger partial charge on any atom is -0.394 e. The third-order valence-electron chi connectivity index (χ3n) is 5.20. The first-order valence-electron chi connectivity index (χ1n) is 9.68. The van der Waals surface area contributed by atoms with Gasteiger partial charge in [-0.05, 0) is 62.3 Å². The van der Waals surface area contributed by atoms with E-state index in [0.717, 1.165) is 25.0 Å². The lowest BCUT2D eigenvalue weighted by Crippen LogP contribution is -2.51. The van der Waals surface area contributed by atoms with E-state index < -0.39 is 21.9 Å². The molecule has 0 unspecified atom stereocenters. The first-order chi connectivity index (χ1) is 13.4. The zero-order valence-electron chi connectivity index (χ0n) is 15.6. The maximum Gasteiger partial charge on any atom is 0.240 e. The van der Waals surface area contributed by atoms with Gasteiger partial charge in [-0.15, -0.1) is 0 Å². The van der Waals surface area contributed by atoms with Gasteiger partial charge >= 0.3 is 0 Å². The van der Waals surface area contributed by atoms with Crippen molar-refractivity contribution in [3.8, 4) is 0 Å². The van der Waals surface area contributed by atoms with Crippen LogP contribution in [-0.4, -0.2) is 50.8 Å². The van der Waals surface area contributed by atoms with Gasteiger partial charge in [0.05, 0.1) is 23.6 Å². The third-order valence-corrected chi connectivity index (χ3v) is 6.67. The Hall–Kier alpha value is -1.55. The average molecular weight is 414 g/mol. The van der Waals surface area contributed by atoms with Crippen LogP contribution < -0.4 is 10.0 Å². The van der Waals surface area contributed by atoms with Crippen molar-refractivity contribution in [3.63, 3.8) is 0 Å². The predicted octanol–water partition coefficient (Wildman–Crippen LogP) is 1.32. The van der Waals surface area contributed by atoms with Gasteiger partial charge in [0.1, 0.15) is 11.9 Å². The molecule has 1 aromatic rings. The van der Waals surface area contributed by atoms with Crippen molar-refractivity contribution in [2.75, 3.05) is 13.2 Å². The summed E-state index contributed by atoms with van der Waals surface area (Å²) in [5.74, 6) is 0.00222. The van der Waals surface area contributed by atoms with Crippen LogP contribution in [-0.2, 0) is 19.6 Å². The second-order valence-electron chi connectivity index (χ2n) is 7.52. The van der Waals surface area contributed by atoms with E-state index >= 15 is 0 Å². The first-order valence-corrected chi connectivity index (χ1v) is 11.2. The van der Waals surface area contributed by atoms with E-state index in [1.165, 1.54) is 12.1 Å². The maximum absolute atomic E-state index is 12.9. The van der Waals surface area contributed by atoms with E-state index in [1.54, 1.807) is 0 Å². The van der Waals surface area contributed by atoms with Crippen molar-refractivity contribution in [2.24, 2.45) is 5.92 Å². The van der Waals surface area contributed by atoms with Crippen LogP contribution >= 0.6 is 0 Å². The van der Waals surface area contributed by atoms with Crippen molar-refractivity contribution in [1.29, 1.82) is 0 Å². The molecule has 1 aliphatic heterocycles. The molecule has 156 valence electrons. The Balaban J connectivity index is 1.44. The highest BCUT2D eigenvalue weighted by molar-refractivity contribution is 7.89. The minimum atomic E-state index is -3.71. The molecule has 1 aliphatic carbocycles. The van der Waals surface area contributed by atoms with Gasteiger partial charge in [0, 0.05) is 13.0 Å². The summed E-state index contributed by atoms with van der Waals surface area (Å²) >= 11 is 0. The summed E-state index contributed by atoms with van der Waals surface area (Å²) in [6.07, 6.45) is 3.84. The minimum absolute atomic E-state index is 0.0000536. The molecule has 1 saturated heterocycles. The Morgan fingerprint density at radius 1 is 1.18 bits per heavy atom. The highest BCUT2D eigenvalue weighted by atomic mass is 32.2. The van der Waals surface area contributed by atoms with Crippen molar-refractivity contribution in [2.45, 2.75) is 61.7 Å². The lowest BCUT2D eigenvalue weighted by Gasteiger charge is -2.36. The summed E-state index contributed by atoms with van der Waals surface area (Å²) in [6, 6.07) is 4.41. The van der Waals surface area contributed by atoms with E-state index in [-0.39, 0.29) is 36.1 Å². The number of benzene rings is 1. The van der Waals surface area contributed by atoms with Gasteiger partial charge in [-0.1, -0.05) is 0 Å². The fourth-order valence-electron chi connectivity index (χ4n) is 3.41. The molecule has 0 aromatic heterocycles. The molecule has 0 bridgehead atoms. The van der Waals surface area contributed by atoms with Crippen LogP contribution in [0.5, 0.6) is 0 Å². The Kier molecular flexibility index (Phi) is 7.03. The van der Waals surface area contributed by atoms with Gasteiger partial charge in [0.25, 0.3) is 0 Å². The van der Waals surface area contributed by atoms with Crippen LogP contribution in [0.4, 0.5) is 4.39 Å². The number of aliphatic hydroxyl groups is 1. The second-order valence-corrected chi connectivity index (χ2v) is 9.29. The topological polar surface area (TPSA) is 105 Å². The molecule has 28 heavy (non-hydrogen) atoms. The summed E-state index contributed by atoms with van der Waals surface area (Å²) in [7, 11) is -3.71. The van der Waals surface area contributed by atoms with Crippen LogP contribution in [0.25, 0.3) is 0 Å². The summed E-state index contributed by atoms with van der Waals surface area (Å²) < 4.78 is 45.7. The van der Waals surface area contributed by atoms with Crippen LogP contribution in [0.1, 0.15) is 38.5 Å². The van der Waals surface area contributed by atoms with Gasteiger partial charge in [0.2, 0.25) is 15.9 Å². The number of rotatable bonds is 9. The SMILES string of the molecule is O=C(CC1CC1)N[C@@H]1CC[C@H](CCNS(=O)(=O)c2ccc(F)cc2)O[C@H]1CO. The molecule has 0 spiro atoms. The summed E-state index contributed by atoms with van der Waals surface area (Å²) in [5, 5.41) is 12.5. The monoisotopic (exact) mass is 414 g/mol. The lowest BCUT2D eigenvalue weighted by atomic mass is 9.97. The molecule has 1 heterocycles. The molecule has 7 nitrogen and oxygen atoms in total. The summed E-state index contributed by atoms with van der Waals surface area (Å²) in [5.41, 5.74) is 0. The van der Waals surface area contributed by atoms with Gasteiger partial charge in [-0.2, -0.15) is 0 Å². The van der Waals surface area contributed by atoms with Crippen LogP contribution in [0.15, 0.2) is 29.2 Å². The smallest absolute Gasteiger partial charge is 0.240 e. The van der Waals surface area contributed by atoms with E-state index in [0.29, 0.717) is 31.6 Å². The molecule has 1 amide bonds. The van der Waals surface area contributed by atoms with Crippen LogP contribution in [0, 0.1) is 11.7 Å². The molecule has 3 N–H and O–H groups in total. The van der Waals surface area contributed by atoms with E-state index in [1.807, 2.05) is 0 Å². The lowest BCUT2D eigenvalue weighted by molar-refractivity contribution is -0.128. The first kappa shape index (κ1) is 21.2. The standard InChI is InChI=1S/C19H27FN2O5S/c20-14-3-6-16(7-4-14)28(25,26)21-10-9-15-5-8-17(18(12-23)27-15)22-19(24)11-13-1-2-13/h3-4,6-7,13,15,17-18,21,23H,1-2,5,8-12H2,(H,22,24)/t15-,17-,18+/m1/s1. The van der Waals surface area contributed by atoms with Gasteiger partial charge in [-0.25, -0.2) is 17.5 Å². The van der Waals surface area contributed by atoms with Gasteiger partial charge < -0.3 is 15.2 Å². The van der Waals surface area contributed by atoms with Crippen molar-refractivity contribution in [3.05, 3.63) is 30.1 Å². The molecule has 3 atom stereocenters. The Morgan fingerprint density at radius 2 is 1.89 bits per heavy atom. The zero-order valence-corrected chi connectivity index (χ0v) is 16.5. The van der Waals surface area contributed by atoms with Crippen LogP contribution in [0.3, 0.4) is 0 Å². The molecule has 3 rings (SSSR count). The van der Waals surface area contributed by atoms with E-state index in [4.69, 9.17) is 4.74 Å². The maximum atomic E-state index is 12.9. The third kappa shape index (κ3) is 5.97. The molecule has 9 heteroatoms. The quantitative estimate of drug-likeness (QED) is 0.565. The number of hydrogen-bond donors (Lipinski definition) is 3. The number of nitrogens with one attached hydrogen (secondary N) is 2. The second kappa shape index (κ2) is 9.30. The molecular weight excluding hydrogens is 387 g/mol. The van der Waals surface area contributed by atoms with Gasteiger partial charge in [0.15, 0.2) is 0 Å². The van der Waals surface area contributed by atoms with Crippen LogP contribution in [0.2, 0.25) is 0 Å². The zero-order chi connectivity index (χ0) is 20.1. The van der Waals surface area contributed by atoms with E-state index in [2.05, 4.69) is 10.0 Å². The highest BCUT2D eigenvalue weighted by Gasteiger charge is 2.33. The summed E-state index contributed by atoms with van der Waals surface area (Å²) in [4.78, 5) is 12.0. The van der Waals surface area contributed by atoms with Crippen molar-refractivity contribution < 1.29 is 27.4 Å². The number of carbonyl (C=O) groups is 1. The average Bonchev–Trinajstić information content (AvgIpc) is 3.47. The van der Waals surface area contributed by atoms with Crippen molar-refractivity contribution in [1.82, 2.24) is 10.0 Å². The fourth-order valence-corrected chi connectivity index (χ4v) is 4.46. The number of carbonyl (C=O) groups excluding carboxylic acids is 1. The molecule has 1 saturated carbocycles. The normalized spacial score (nSPS) is 25.4. The fraction of sp³-hybridized carbons (Fsp3) is 0.632. The summed E-state index contributed by atoms with van der Waals surface area (Å²) in [6.45, 7) is -0.0343. The van der Waals surface area contributed by atoms with E-state index in [9.17, 15) is 22.7 Å². The molecular formula is C19H27FN2O5S. The molecule has 1 aromatic carbocycles. The highest BCUT2D eigenvalue weighted by Crippen LogP contribution is 2.32. The predicted molar refractivity (Wildman–Crippen MR) is 100 cm³/mol. The number of amides is 1. The molecule has 2 fully saturated rings. The Labute approximate surface area is 164 Å². The van der Waals surface area contributed by atoms with Crippen molar-refractivity contribution >= 4 is 15.9 Å². The number of ether oxygens (including phenoxy) is 1. The van der Waals surface area contributed by atoms with Gasteiger partial charge in [-0.3, -0.25) is 4.79 Å². The Morgan fingerprint density at radius 3 is 2.54 bits per heavy atom. The molecule has 2 aliphatic rings. The number of halogens is 1. The molecule has 0 radical (unpaired) electrons. The number of sulfonamides is 1.